The molecule has 2 rings (SSSR count). The van der Waals surface area contributed by atoms with E-state index in [1.165, 1.54) is 0 Å². The second-order valence-corrected chi connectivity index (χ2v) is 5.49. The molecule has 5 nitrogen and oxygen atoms in total. The van der Waals surface area contributed by atoms with E-state index in [-0.39, 0.29) is 12.1 Å². The molecule has 0 saturated carbocycles. The van der Waals surface area contributed by atoms with E-state index in [1.807, 2.05) is 61.5 Å². The molecule has 0 saturated heterocycles. The first-order valence-corrected chi connectivity index (χ1v) is 8.17. The highest BCUT2D eigenvalue weighted by Gasteiger charge is 2.08. The Bertz CT molecular complexity index is 632. The number of hydrogen-bond donors (Lipinski definition) is 3. The molecule has 0 radical (unpaired) electrons. The molecule has 2 amide bonds. The SMILES string of the molecule is CCC(O)CCNC(=O)Nc1ccccc1COc1ccccc1. The Kier molecular flexibility index (Phi) is 7.11. The molecule has 128 valence electrons. The molecule has 0 aromatic heterocycles. The van der Waals surface area contributed by atoms with Gasteiger partial charge in [-0.25, -0.2) is 4.79 Å². The maximum Gasteiger partial charge on any atom is 0.319 e. The third-order valence-corrected chi connectivity index (χ3v) is 3.64. The molecule has 0 aliphatic heterocycles. The molecule has 0 spiro atoms. The average molecular weight is 328 g/mol. The van der Waals surface area contributed by atoms with Crippen molar-refractivity contribution in [3.63, 3.8) is 0 Å². The summed E-state index contributed by atoms with van der Waals surface area (Å²) in [5.74, 6) is 0.783. The van der Waals surface area contributed by atoms with Gasteiger partial charge in [0.05, 0.1) is 6.10 Å². The first-order valence-electron chi connectivity index (χ1n) is 8.17. The minimum Gasteiger partial charge on any atom is -0.489 e. The molecule has 24 heavy (non-hydrogen) atoms. The van der Waals surface area contributed by atoms with Crippen molar-refractivity contribution < 1.29 is 14.6 Å². The topological polar surface area (TPSA) is 70.6 Å². The smallest absolute Gasteiger partial charge is 0.319 e. The van der Waals surface area contributed by atoms with Gasteiger partial charge in [0, 0.05) is 17.8 Å². The van der Waals surface area contributed by atoms with Crippen LogP contribution in [0.4, 0.5) is 10.5 Å². The number of anilines is 1. The van der Waals surface area contributed by atoms with E-state index < -0.39 is 0 Å². The fraction of sp³-hybridized carbons (Fsp3) is 0.316. The van der Waals surface area contributed by atoms with Gasteiger partial charge < -0.3 is 20.5 Å². The molecule has 0 aliphatic carbocycles. The van der Waals surface area contributed by atoms with E-state index in [2.05, 4.69) is 10.6 Å². The largest absolute Gasteiger partial charge is 0.489 e. The van der Waals surface area contributed by atoms with Crippen molar-refractivity contribution in [2.24, 2.45) is 0 Å². The zero-order chi connectivity index (χ0) is 17.2. The minimum atomic E-state index is -0.378. The van der Waals surface area contributed by atoms with Crippen LogP contribution < -0.4 is 15.4 Å². The van der Waals surface area contributed by atoms with Gasteiger partial charge in [0.1, 0.15) is 12.4 Å². The summed E-state index contributed by atoms with van der Waals surface area (Å²) in [6.07, 6.45) is 0.850. The Morgan fingerprint density at radius 1 is 1.12 bits per heavy atom. The van der Waals surface area contributed by atoms with E-state index in [1.54, 1.807) is 0 Å². The zero-order valence-electron chi connectivity index (χ0n) is 13.9. The van der Waals surface area contributed by atoms with Crippen LogP contribution >= 0.6 is 0 Å². The first-order chi connectivity index (χ1) is 11.7. The minimum absolute atomic E-state index is 0.287. The number of nitrogens with one attached hydrogen (secondary N) is 2. The van der Waals surface area contributed by atoms with Crippen LogP contribution in [0.1, 0.15) is 25.3 Å². The van der Waals surface area contributed by atoms with Crippen molar-refractivity contribution in [3.8, 4) is 5.75 Å². The Morgan fingerprint density at radius 2 is 1.83 bits per heavy atom. The molecular weight excluding hydrogens is 304 g/mol. The number of ether oxygens (including phenoxy) is 1. The van der Waals surface area contributed by atoms with E-state index in [9.17, 15) is 9.90 Å². The zero-order valence-corrected chi connectivity index (χ0v) is 13.9. The highest BCUT2D eigenvalue weighted by atomic mass is 16.5. The lowest BCUT2D eigenvalue weighted by Gasteiger charge is -2.13. The van der Waals surface area contributed by atoms with Crippen LogP contribution in [0, 0.1) is 0 Å². The number of aliphatic hydroxyl groups excluding tert-OH is 1. The monoisotopic (exact) mass is 328 g/mol. The molecule has 1 unspecified atom stereocenters. The Morgan fingerprint density at radius 3 is 2.58 bits per heavy atom. The van der Waals surface area contributed by atoms with Gasteiger partial charge in [0.2, 0.25) is 0 Å². The van der Waals surface area contributed by atoms with Crippen molar-refractivity contribution in [2.45, 2.75) is 32.5 Å². The summed E-state index contributed by atoms with van der Waals surface area (Å²) in [5, 5.41) is 15.1. The lowest BCUT2D eigenvalue weighted by Crippen LogP contribution is -2.31. The summed E-state index contributed by atoms with van der Waals surface area (Å²) in [6, 6.07) is 16.8. The fourth-order valence-corrected chi connectivity index (χ4v) is 2.17. The predicted octanol–water partition coefficient (Wildman–Crippen LogP) is 3.55. The van der Waals surface area contributed by atoms with Crippen LogP contribution in [0.2, 0.25) is 0 Å². The molecule has 2 aromatic rings. The van der Waals surface area contributed by atoms with Crippen molar-refractivity contribution in [1.82, 2.24) is 5.32 Å². The normalized spacial score (nSPS) is 11.6. The van der Waals surface area contributed by atoms with Gasteiger partial charge in [-0.15, -0.1) is 0 Å². The number of benzene rings is 2. The quantitative estimate of drug-likeness (QED) is 0.694. The van der Waals surface area contributed by atoms with E-state index in [4.69, 9.17) is 4.74 Å². The number of amides is 2. The summed E-state index contributed by atoms with van der Waals surface area (Å²) < 4.78 is 5.74. The number of hydrogen-bond acceptors (Lipinski definition) is 3. The van der Waals surface area contributed by atoms with Crippen LogP contribution in [0.25, 0.3) is 0 Å². The predicted molar refractivity (Wildman–Crippen MR) is 95.2 cm³/mol. The van der Waals surface area contributed by atoms with Gasteiger partial charge in [0.25, 0.3) is 0 Å². The number of urea groups is 1. The molecular formula is C19H24N2O3. The van der Waals surface area contributed by atoms with Crippen molar-refractivity contribution in [2.75, 3.05) is 11.9 Å². The molecule has 0 bridgehead atoms. The lowest BCUT2D eigenvalue weighted by atomic mass is 10.2. The van der Waals surface area contributed by atoms with E-state index >= 15 is 0 Å². The number of para-hydroxylation sites is 2. The number of carbonyl (C=O) groups is 1. The summed E-state index contributed by atoms with van der Waals surface area (Å²) in [4.78, 5) is 12.0. The third-order valence-electron chi connectivity index (χ3n) is 3.64. The average Bonchev–Trinajstić information content (AvgIpc) is 2.61. The van der Waals surface area contributed by atoms with Gasteiger partial charge in [-0.2, -0.15) is 0 Å². The van der Waals surface area contributed by atoms with Gasteiger partial charge in [0.15, 0.2) is 0 Å². The molecule has 0 fully saturated rings. The van der Waals surface area contributed by atoms with Gasteiger partial charge in [-0.1, -0.05) is 43.3 Å². The third kappa shape index (κ3) is 5.93. The van der Waals surface area contributed by atoms with Gasteiger partial charge >= 0.3 is 6.03 Å². The Labute approximate surface area is 142 Å². The van der Waals surface area contributed by atoms with Gasteiger partial charge in [-0.3, -0.25) is 0 Å². The van der Waals surface area contributed by atoms with E-state index in [0.717, 1.165) is 11.3 Å². The van der Waals surface area contributed by atoms with Crippen molar-refractivity contribution in [3.05, 3.63) is 60.2 Å². The summed E-state index contributed by atoms with van der Waals surface area (Å²) in [6.45, 7) is 2.71. The number of carbonyl (C=O) groups excluding carboxylic acids is 1. The van der Waals surface area contributed by atoms with Crippen LogP contribution in [0.3, 0.4) is 0 Å². The fourth-order valence-electron chi connectivity index (χ4n) is 2.17. The molecule has 1 atom stereocenters. The highest BCUT2D eigenvalue weighted by Crippen LogP contribution is 2.18. The van der Waals surface area contributed by atoms with Crippen molar-refractivity contribution in [1.29, 1.82) is 0 Å². The van der Waals surface area contributed by atoms with Crippen LogP contribution in [0.15, 0.2) is 54.6 Å². The molecule has 0 aliphatic rings. The molecule has 3 N–H and O–H groups in total. The molecule has 2 aromatic carbocycles. The van der Waals surface area contributed by atoms with Gasteiger partial charge in [-0.05, 0) is 31.0 Å². The lowest BCUT2D eigenvalue weighted by molar-refractivity contribution is 0.160. The number of rotatable bonds is 8. The van der Waals surface area contributed by atoms with Crippen molar-refractivity contribution >= 4 is 11.7 Å². The van der Waals surface area contributed by atoms with Crippen LogP contribution in [-0.2, 0) is 6.61 Å². The highest BCUT2D eigenvalue weighted by molar-refractivity contribution is 5.90. The van der Waals surface area contributed by atoms with E-state index in [0.29, 0.717) is 31.7 Å². The van der Waals surface area contributed by atoms with Crippen LogP contribution in [-0.4, -0.2) is 23.8 Å². The maximum absolute atomic E-state index is 12.0. The maximum atomic E-state index is 12.0. The number of aliphatic hydroxyl groups is 1. The standard InChI is InChI=1S/C19H24N2O3/c1-2-16(22)12-13-20-19(23)21-18-11-7-6-8-15(18)14-24-17-9-4-3-5-10-17/h3-11,16,22H,2,12-14H2,1H3,(H2,20,21,23). The molecule has 5 heteroatoms. The Hall–Kier alpha value is -2.53. The first kappa shape index (κ1) is 17.8. The van der Waals surface area contributed by atoms with Crippen LogP contribution in [0.5, 0.6) is 5.75 Å². The molecule has 0 heterocycles. The summed E-state index contributed by atoms with van der Waals surface area (Å²) >= 11 is 0. The second kappa shape index (κ2) is 9.57. The Balaban J connectivity index is 1.87. The summed E-state index contributed by atoms with van der Waals surface area (Å²) in [7, 11) is 0. The second-order valence-electron chi connectivity index (χ2n) is 5.49. The summed E-state index contributed by atoms with van der Waals surface area (Å²) in [5.41, 5.74) is 1.60.